The van der Waals surface area contributed by atoms with E-state index in [-0.39, 0.29) is 0 Å². The minimum Gasteiger partial charge on any atom is -0.378 e. The average Bonchev–Trinajstić information content (AvgIpc) is 2.66. The maximum Gasteiger partial charge on any atom is 0.0575 e. The number of hydrogen-bond acceptors (Lipinski definition) is 1. The molecular weight excluding hydrogens is 304 g/mol. The van der Waals surface area contributed by atoms with Crippen LogP contribution in [-0.4, -0.2) is 12.7 Å². The molecule has 0 aromatic rings. The van der Waals surface area contributed by atoms with Gasteiger partial charge in [-0.25, -0.2) is 0 Å². The molecule has 2 aliphatic carbocycles. The monoisotopic (exact) mass is 350 g/mol. The van der Waals surface area contributed by atoms with Gasteiger partial charge in [0, 0.05) is 6.61 Å². The van der Waals surface area contributed by atoms with E-state index < -0.39 is 0 Å². The molecule has 0 atom stereocenters. The minimum absolute atomic E-state index is 0.591. The van der Waals surface area contributed by atoms with Gasteiger partial charge in [0.05, 0.1) is 6.10 Å². The number of hydrogen-bond donors (Lipinski definition) is 0. The lowest BCUT2D eigenvalue weighted by molar-refractivity contribution is 0.00529. The topological polar surface area (TPSA) is 9.23 Å². The van der Waals surface area contributed by atoms with E-state index in [2.05, 4.69) is 13.8 Å². The molecule has 0 saturated heterocycles. The van der Waals surface area contributed by atoms with Crippen molar-refractivity contribution in [1.82, 2.24) is 0 Å². The smallest absolute Gasteiger partial charge is 0.0575 e. The predicted molar refractivity (Wildman–Crippen MR) is 110 cm³/mol. The molecule has 0 spiro atoms. The zero-order valence-electron chi connectivity index (χ0n) is 17.4. The molecule has 2 rings (SSSR count). The summed E-state index contributed by atoms with van der Waals surface area (Å²) in [5, 5.41) is 0. The van der Waals surface area contributed by atoms with Crippen LogP contribution >= 0.6 is 0 Å². The SMILES string of the molecule is CCCCCCOC1CCC(C2CCC(CCCCCC)CC2)CC1. The summed E-state index contributed by atoms with van der Waals surface area (Å²) in [5.41, 5.74) is 0. The third kappa shape index (κ3) is 8.46. The lowest BCUT2D eigenvalue weighted by Crippen LogP contribution is -2.28. The van der Waals surface area contributed by atoms with Crippen LogP contribution in [0.3, 0.4) is 0 Å². The van der Waals surface area contributed by atoms with Crippen LogP contribution in [0.1, 0.15) is 123 Å². The van der Waals surface area contributed by atoms with Gasteiger partial charge in [-0.15, -0.1) is 0 Å². The highest BCUT2D eigenvalue weighted by Gasteiger charge is 2.30. The standard InChI is InChI=1S/C24H46O/c1-3-5-7-9-11-21-12-14-22(15-13-21)23-16-18-24(19-17-23)25-20-10-8-6-4-2/h21-24H,3-20H2,1-2H3. The Morgan fingerprint density at radius 3 is 1.76 bits per heavy atom. The van der Waals surface area contributed by atoms with Gasteiger partial charge in [0.15, 0.2) is 0 Å². The summed E-state index contributed by atoms with van der Waals surface area (Å²) < 4.78 is 6.15. The van der Waals surface area contributed by atoms with Crippen molar-refractivity contribution in [3.05, 3.63) is 0 Å². The molecule has 0 amide bonds. The number of rotatable bonds is 12. The van der Waals surface area contributed by atoms with E-state index in [9.17, 15) is 0 Å². The van der Waals surface area contributed by atoms with Crippen LogP contribution in [-0.2, 0) is 4.74 Å². The first-order valence-electron chi connectivity index (χ1n) is 11.9. The van der Waals surface area contributed by atoms with Gasteiger partial charge in [0.25, 0.3) is 0 Å². The third-order valence-electron chi connectivity index (χ3n) is 7.09. The maximum absolute atomic E-state index is 6.15. The Labute approximate surface area is 158 Å². The molecule has 0 aliphatic heterocycles. The van der Waals surface area contributed by atoms with Gasteiger partial charge in [0.1, 0.15) is 0 Å². The van der Waals surface area contributed by atoms with Crippen molar-refractivity contribution in [3.8, 4) is 0 Å². The zero-order valence-corrected chi connectivity index (χ0v) is 17.4. The normalized spacial score (nSPS) is 30.5. The van der Waals surface area contributed by atoms with Gasteiger partial charge in [0.2, 0.25) is 0 Å². The highest BCUT2D eigenvalue weighted by atomic mass is 16.5. The number of unbranched alkanes of at least 4 members (excludes halogenated alkanes) is 6. The van der Waals surface area contributed by atoms with Crippen molar-refractivity contribution in [2.24, 2.45) is 17.8 Å². The van der Waals surface area contributed by atoms with Gasteiger partial charge >= 0.3 is 0 Å². The van der Waals surface area contributed by atoms with Gasteiger partial charge in [-0.2, -0.15) is 0 Å². The van der Waals surface area contributed by atoms with Crippen molar-refractivity contribution in [1.29, 1.82) is 0 Å². The van der Waals surface area contributed by atoms with Crippen LogP contribution in [0.4, 0.5) is 0 Å². The van der Waals surface area contributed by atoms with Crippen molar-refractivity contribution in [3.63, 3.8) is 0 Å². The fourth-order valence-electron chi connectivity index (χ4n) is 5.31. The molecule has 0 radical (unpaired) electrons. The molecule has 0 N–H and O–H groups in total. The van der Waals surface area contributed by atoms with E-state index in [0.717, 1.165) is 24.4 Å². The van der Waals surface area contributed by atoms with Gasteiger partial charge < -0.3 is 4.74 Å². The summed E-state index contributed by atoms with van der Waals surface area (Å²) in [5.74, 6) is 3.15. The second kappa shape index (κ2) is 13.2. The summed E-state index contributed by atoms with van der Waals surface area (Å²) >= 11 is 0. The molecule has 2 saturated carbocycles. The van der Waals surface area contributed by atoms with E-state index in [1.165, 1.54) is 109 Å². The minimum atomic E-state index is 0.591. The highest BCUT2D eigenvalue weighted by molar-refractivity contribution is 4.82. The van der Waals surface area contributed by atoms with Crippen LogP contribution < -0.4 is 0 Å². The zero-order chi connectivity index (χ0) is 17.7. The maximum atomic E-state index is 6.15. The third-order valence-corrected chi connectivity index (χ3v) is 7.09. The second-order valence-corrected chi connectivity index (χ2v) is 9.10. The first kappa shape index (κ1) is 21.3. The van der Waals surface area contributed by atoms with Crippen molar-refractivity contribution >= 4 is 0 Å². The van der Waals surface area contributed by atoms with E-state index >= 15 is 0 Å². The fraction of sp³-hybridized carbons (Fsp3) is 1.00. The van der Waals surface area contributed by atoms with Crippen molar-refractivity contribution < 1.29 is 4.74 Å². The van der Waals surface area contributed by atoms with Crippen LogP contribution in [0.2, 0.25) is 0 Å². The van der Waals surface area contributed by atoms with Crippen LogP contribution in [0.25, 0.3) is 0 Å². The van der Waals surface area contributed by atoms with E-state index in [1.54, 1.807) is 0 Å². The van der Waals surface area contributed by atoms with E-state index in [1.807, 2.05) is 0 Å². The molecule has 25 heavy (non-hydrogen) atoms. The quantitative estimate of drug-likeness (QED) is 0.325. The van der Waals surface area contributed by atoms with E-state index in [0.29, 0.717) is 6.10 Å². The average molecular weight is 351 g/mol. The van der Waals surface area contributed by atoms with E-state index in [4.69, 9.17) is 4.74 Å². The lowest BCUT2D eigenvalue weighted by Gasteiger charge is -2.38. The Hall–Kier alpha value is -0.0400. The van der Waals surface area contributed by atoms with Crippen molar-refractivity contribution in [2.45, 2.75) is 129 Å². The van der Waals surface area contributed by atoms with Crippen molar-refractivity contribution in [2.75, 3.05) is 6.61 Å². The van der Waals surface area contributed by atoms with Crippen LogP contribution in [0, 0.1) is 17.8 Å². The first-order valence-corrected chi connectivity index (χ1v) is 11.9. The molecule has 1 heteroatoms. The Bertz CT molecular complexity index is 297. The number of ether oxygens (including phenoxy) is 1. The molecule has 2 aliphatic rings. The Morgan fingerprint density at radius 1 is 0.600 bits per heavy atom. The summed E-state index contributed by atoms with van der Waals surface area (Å²) in [7, 11) is 0. The highest BCUT2D eigenvalue weighted by Crippen LogP contribution is 2.41. The van der Waals surface area contributed by atoms with Gasteiger partial charge in [-0.05, 0) is 62.7 Å². The predicted octanol–water partition coefficient (Wildman–Crippen LogP) is 7.92. The molecule has 0 unspecified atom stereocenters. The Kier molecular flexibility index (Phi) is 11.2. The molecule has 0 aromatic carbocycles. The Morgan fingerprint density at radius 2 is 1.16 bits per heavy atom. The summed E-state index contributed by atoms with van der Waals surface area (Å²) in [6.45, 7) is 5.61. The fourth-order valence-corrected chi connectivity index (χ4v) is 5.31. The first-order chi connectivity index (χ1) is 12.3. The second-order valence-electron chi connectivity index (χ2n) is 9.10. The Balaban J connectivity index is 1.52. The van der Waals surface area contributed by atoms with Crippen LogP contribution in [0.5, 0.6) is 0 Å². The molecule has 0 aromatic heterocycles. The van der Waals surface area contributed by atoms with Gasteiger partial charge in [-0.1, -0.05) is 78.1 Å². The van der Waals surface area contributed by atoms with Gasteiger partial charge in [-0.3, -0.25) is 0 Å². The summed E-state index contributed by atoms with van der Waals surface area (Å²) in [6.07, 6.45) is 24.9. The van der Waals surface area contributed by atoms with Crippen LogP contribution in [0.15, 0.2) is 0 Å². The summed E-state index contributed by atoms with van der Waals surface area (Å²) in [4.78, 5) is 0. The molecule has 148 valence electrons. The summed E-state index contributed by atoms with van der Waals surface area (Å²) in [6, 6.07) is 0. The molecule has 1 nitrogen and oxygen atoms in total. The largest absolute Gasteiger partial charge is 0.378 e. The molecular formula is C24H46O. The molecule has 0 heterocycles. The lowest BCUT2D eigenvalue weighted by atomic mass is 9.70. The molecule has 2 fully saturated rings. The molecule has 0 bridgehead atoms.